The summed E-state index contributed by atoms with van der Waals surface area (Å²) < 4.78 is 6.41. The van der Waals surface area contributed by atoms with Crippen molar-refractivity contribution in [3.63, 3.8) is 0 Å². The fourth-order valence-electron chi connectivity index (χ4n) is 2.45. The molecule has 1 aromatic carbocycles. The zero-order valence-electron chi connectivity index (χ0n) is 12.5. The minimum Gasteiger partial charge on any atom is -0.506 e. The predicted molar refractivity (Wildman–Crippen MR) is 89.3 cm³/mol. The number of hydrogen-bond donors (Lipinski definition) is 1. The lowest BCUT2D eigenvalue weighted by Gasteiger charge is -2.12. The average molecular weight is 329 g/mol. The van der Waals surface area contributed by atoms with E-state index in [1.807, 2.05) is 30.3 Å². The number of ether oxygens (including phenoxy) is 1. The van der Waals surface area contributed by atoms with Crippen molar-refractivity contribution < 1.29 is 14.6 Å². The van der Waals surface area contributed by atoms with Crippen molar-refractivity contribution in [3.05, 3.63) is 63.3 Å². The summed E-state index contributed by atoms with van der Waals surface area (Å²) in [6.07, 6.45) is 0. The lowest BCUT2D eigenvalue weighted by Crippen LogP contribution is -2.28. The van der Waals surface area contributed by atoms with Crippen LogP contribution in [0.15, 0.2) is 46.6 Å². The number of thiophene rings is 1. The van der Waals surface area contributed by atoms with Crippen LogP contribution in [0, 0.1) is 0 Å². The van der Waals surface area contributed by atoms with Crippen LogP contribution >= 0.6 is 11.3 Å². The zero-order chi connectivity index (χ0) is 16.4. The molecule has 0 amide bonds. The van der Waals surface area contributed by atoms with Gasteiger partial charge in [0, 0.05) is 0 Å². The van der Waals surface area contributed by atoms with Crippen LogP contribution in [0.1, 0.15) is 22.8 Å². The second-order valence-corrected chi connectivity index (χ2v) is 5.85. The number of carbonyl (C=O) groups is 1. The largest absolute Gasteiger partial charge is 0.506 e. The summed E-state index contributed by atoms with van der Waals surface area (Å²) in [4.78, 5) is 25.4. The van der Waals surface area contributed by atoms with Gasteiger partial charge >= 0.3 is 5.97 Å². The van der Waals surface area contributed by atoms with Gasteiger partial charge in [-0.2, -0.15) is 0 Å². The zero-order valence-corrected chi connectivity index (χ0v) is 13.3. The van der Waals surface area contributed by atoms with E-state index >= 15 is 0 Å². The number of aromatic nitrogens is 1. The van der Waals surface area contributed by atoms with Gasteiger partial charge in [-0.25, -0.2) is 4.79 Å². The molecular formula is C17H15NO4S. The molecule has 23 heavy (non-hydrogen) atoms. The minimum absolute atomic E-state index is 0.137. The Labute approximate surface area is 136 Å². The molecule has 0 spiro atoms. The van der Waals surface area contributed by atoms with Crippen LogP contribution in [-0.2, 0) is 11.3 Å². The third-order valence-electron chi connectivity index (χ3n) is 3.50. The molecule has 3 rings (SSSR count). The summed E-state index contributed by atoms with van der Waals surface area (Å²) in [5, 5.41) is 12.6. The van der Waals surface area contributed by atoms with Crippen LogP contribution in [-0.4, -0.2) is 22.2 Å². The Morgan fingerprint density at radius 3 is 2.70 bits per heavy atom. The highest BCUT2D eigenvalue weighted by Gasteiger charge is 2.23. The van der Waals surface area contributed by atoms with Crippen molar-refractivity contribution in [1.82, 2.24) is 4.57 Å². The van der Waals surface area contributed by atoms with Crippen LogP contribution in [0.2, 0.25) is 0 Å². The Hall–Kier alpha value is -2.60. The van der Waals surface area contributed by atoms with Crippen LogP contribution in [0.5, 0.6) is 5.75 Å². The molecule has 0 unspecified atom stereocenters. The minimum atomic E-state index is -0.801. The first-order valence-corrected chi connectivity index (χ1v) is 8.05. The van der Waals surface area contributed by atoms with Crippen molar-refractivity contribution in [2.45, 2.75) is 13.5 Å². The number of esters is 1. The van der Waals surface area contributed by atoms with Crippen molar-refractivity contribution in [2.24, 2.45) is 0 Å². The highest BCUT2D eigenvalue weighted by Crippen LogP contribution is 2.30. The van der Waals surface area contributed by atoms with Crippen LogP contribution in [0.25, 0.3) is 10.2 Å². The average Bonchev–Trinajstić information content (AvgIpc) is 3.03. The summed E-state index contributed by atoms with van der Waals surface area (Å²) in [5.41, 5.74) is 0.0817. The van der Waals surface area contributed by atoms with Gasteiger partial charge in [0.1, 0.15) is 10.6 Å². The van der Waals surface area contributed by atoms with E-state index in [1.165, 1.54) is 15.9 Å². The number of nitrogens with zero attached hydrogens (tertiary/aromatic N) is 1. The van der Waals surface area contributed by atoms with Crippen molar-refractivity contribution in [3.8, 4) is 5.75 Å². The highest BCUT2D eigenvalue weighted by molar-refractivity contribution is 7.16. The lowest BCUT2D eigenvalue weighted by molar-refractivity contribution is 0.0520. The van der Waals surface area contributed by atoms with Crippen molar-refractivity contribution in [1.29, 1.82) is 0 Å². The first-order chi connectivity index (χ1) is 11.1. The fraction of sp³-hybridized carbons (Fsp3) is 0.176. The van der Waals surface area contributed by atoms with E-state index in [1.54, 1.807) is 18.4 Å². The van der Waals surface area contributed by atoms with E-state index < -0.39 is 11.5 Å². The number of fused-ring (bicyclic) bond motifs is 1. The molecule has 5 nitrogen and oxygen atoms in total. The number of carbonyl (C=O) groups excluding carboxylic acids is 1. The number of rotatable bonds is 4. The topological polar surface area (TPSA) is 68.5 Å². The van der Waals surface area contributed by atoms with Gasteiger partial charge in [-0.05, 0) is 23.9 Å². The predicted octanol–water partition coefficient (Wildman–Crippen LogP) is 2.99. The Morgan fingerprint density at radius 1 is 1.26 bits per heavy atom. The summed E-state index contributed by atoms with van der Waals surface area (Å²) in [6.45, 7) is 2.11. The third kappa shape index (κ3) is 2.73. The quantitative estimate of drug-likeness (QED) is 0.747. The monoisotopic (exact) mass is 329 g/mol. The Morgan fingerprint density at radius 2 is 2.00 bits per heavy atom. The van der Waals surface area contributed by atoms with Gasteiger partial charge in [0.2, 0.25) is 0 Å². The maximum Gasteiger partial charge on any atom is 0.347 e. The molecule has 1 N–H and O–H groups in total. The number of aromatic hydroxyl groups is 1. The van der Waals surface area contributed by atoms with Gasteiger partial charge < -0.3 is 9.84 Å². The van der Waals surface area contributed by atoms with Crippen LogP contribution in [0.3, 0.4) is 0 Å². The standard InChI is InChI=1S/C17H15NO4S/c1-2-22-17(21)13-14(19)12-8-9-23-16(12)18(15(13)20)10-11-6-4-3-5-7-11/h3-9,19H,2,10H2,1H3. The first-order valence-electron chi connectivity index (χ1n) is 7.17. The van der Waals surface area contributed by atoms with Crippen LogP contribution < -0.4 is 5.56 Å². The van der Waals surface area contributed by atoms with Crippen molar-refractivity contribution in [2.75, 3.05) is 6.61 Å². The summed E-state index contributed by atoms with van der Waals surface area (Å²) in [5.74, 6) is -1.11. The van der Waals surface area contributed by atoms with Gasteiger partial charge in [0.15, 0.2) is 5.56 Å². The Balaban J connectivity index is 2.22. The van der Waals surface area contributed by atoms with Crippen molar-refractivity contribution >= 4 is 27.5 Å². The molecule has 0 aliphatic rings. The molecule has 0 aliphatic heterocycles. The maximum absolute atomic E-state index is 12.7. The summed E-state index contributed by atoms with van der Waals surface area (Å²) >= 11 is 1.35. The number of benzene rings is 1. The SMILES string of the molecule is CCOC(=O)c1c(O)c2ccsc2n(Cc2ccccc2)c1=O. The summed E-state index contributed by atoms with van der Waals surface area (Å²) in [6, 6.07) is 11.2. The van der Waals surface area contributed by atoms with E-state index in [2.05, 4.69) is 0 Å². The van der Waals surface area contributed by atoms with E-state index in [-0.39, 0.29) is 17.9 Å². The van der Waals surface area contributed by atoms with E-state index in [4.69, 9.17) is 4.74 Å². The molecule has 0 saturated carbocycles. The Bertz CT molecular complexity index is 911. The summed E-state index contributed by atoms with van der Waals surface area (Å²) in [7, 11) is 0. The molecule has 6 heteroatoms. The molecule has 3 aromatic rings. The van der Waals surface area contributed by atoms with Gasteiger partial charge in [-0.15, -0.1) is 11.3 Å². The Kier molecular flexibility index (Phi) is 4.16. The normalized spacial score (nSPS) is 10.8. The molecule has 2 aromatic heterocycles. The van der Waals surface area contributed by atoms with E-state index in [0.29, 0.717) is 16.8 Å². The molecular weight excluding hydrogens is 314 g/mol. The molecule has 2 heterocycles. The second-order valence-electron chi connectivity index (χ2n) is 4.96. The van der Waals surface area contributed by atoms with E-state index in [9.17, 15) is 14.7 Å². The maximum atomic E-state index is 12.7. The number of hydrogen-bond acceptors (Lipinski definition) is 5. The van der Waals surface area contributed by atoms with Gasteiger partial charge in [0.05, 0.1) is 18.5 Å². The van der Waals surface area contributed by atoms with Gasteiger partial charge in [-0.3, -0.25) is 9.36 Å². The molecule has 0 saturated heterocycles. The molecule has 0 aliphatic carbocycles. The second kappa shape index (κ2) is 6.26. The molecule has 118 valence electrons. The molecule has 0 fully saturated rings. The van der Waals surface area contributed by atoms with Gasteiger partial charge in [0.25, 0.3) is 5.56 Å². The third-order valence-corrected chi connectivity index (χ3v) is 4.44. The van der Waals surface area contributed by atoms with E-state index in [0.717, 1.165) is 5.56 Å². The lowest BCUT2D eigenvalue weighted by atomic mass is 10.1. The fourth-order valence-corrected chi connectivity index (χ4v) is 3.35. The van der Waals surface area contributed by atoms with Gasteiger partial charge in [-0.1, -0.05) is 30.3 Å². The first kappa shape index (κ1) is 15.3. The number of pyridine rings is 1. The molecule has 0 radical (unpaired) electrons. The smallest absolute Gasteiger partial charge is 0.347 e. The van der Waals surface area contributed by atoms with Crippen LogP contribution in [0.4, 0.5) is 0 Å². The molecule has 0 atom stereocenters. The molecule has 0 bridgehead atoms. The highest BCUT2D eigenvalue weighted by atomic mass is 32.1.